The highest BCUT2D eigenvalue weighted by Gasteiger charge is 2.23. The lowest BCUT2D eigenvalue weighted by Crippen LogP contribution is -2.21. The Labute approximate surface area is 125 Å². The van der Waals surface area contributed by atoms with E-state index in [1.165, 1.54) is 30.8 Å². The van der Waals surface area contributed by atoms with E-state index < -0.39 is 0 Å². The first-order valence-electron chi connectivity index (χ1n) is 7.14. The fraction of sp³-hybridized carbons (Fsp3) is 0.438. The monoisotopic (exact) mass is 289 g/mol. The van der Waals surface area contributed by atoms with E-state index in [0.29, 0.717) is 0 Å². The Hall–Kier alpha value is -1.32. The van der Waals surface area contributed by atoms with Crippen molar-refractivity contribution in [2.45, 2.75) is 19.4 Å². The van der Waals surface area contributed by atoms with Gasteiger partial charge in [-0.05, 0) is 49.1 Å². The molecule has 1 saturated heterocycles. The molecule has 3 rings (SSSR count). The zero-order valence-electron chi connectivity index (χ0n) is 11.8. The number of aryl methyl sites for hydroxylation is 1. The summed E-state index contributed by atoms with van der Waals surface area (Å²) in [6.45, 7) is 3.31. The summed E-state index contributed by atoms with van der Waals surface area (Å²) in [7, 11) is 1.97. The second kappa shape index (κ2) is 5.98. The number of hydrogen-bond donors (Lipinski definition) is 0. The van der Waals surface area contributed by atoms with Crippen LogP contribution in [0.4, 0.5) is 0 Å². The first-order chi connectivity index (χ1) is 9.69. The lowest BCUT2D eigenvalue weighted by atomic mass is 9.99. The smallest absolute Gasteiger partial charge is 0.0764 e. The molecule has 2 aromatic rings. The Bertz CT molecular complexity index is 561. The van der Waals surface area contributed by atoms with Crippen LogP contribution in [-0.4, -0.2) is 27.8 Å². The summed E-state index contributed by atoms with van der Waals surface area (Å²) in [6, 6.07) is 10.4. The fourth-order valence-electron chi connectivity index (χ4n) is 2.95. The highest BCUT2D eigenvalue weighted by molar-refractivity contribution is 6.30. The summed E-state index contributed by atoms with van der Waals surface area (Å²) in [5, 5.41) is 5.27. The molecule has 2 heterocycles. The Balaban J connectivity index is 1.53. The minimum Gasteiger partial charge on any atom is -0.297 e. The molecule has 106 valence electrons. The summed E-state index contributed by atoms with van der Waals surface area (Å²) >= 11 is 5.93. The van der Waals surface area contributed by atoms with Crippen molar-refractivity contribution in [2.24, 2.45) is 13.0 Å². The van der Waals surface area contributed by atoms with Crippen LogP contribution in [0, 0.1) is 5.92 Å². The zero-order valence-corrected chi connectivity index (χ0v) is 12.6. The number of aromatic nitrogens is 2. The summed E-state index contributed by atoms with van der Waals surface area (Å²) in [6.07, 6.45) is 4.43. The average Bonchev–Trinajstić information content (AvgIpc) is 3.02. The van der Waals surface area contributed by atoms with Gasteiger partial charge >= 0.3 is 0 Å². The third-order valence-corrected chi connectivity index (χ3v) is 4.21. The molecule has 0 amide bonds. The molecule has 20 heavy (non-hydrogen) atoms. The molecule has 0 saturated carbocycles. The van der Waals surface area contributed by atoms with E-state index in [1.54, 1.807) is 0 Å². The van der Waals surface area contributed by atoms with E-state index in [9.17, 15) is 0 Å². The molecule has 0 N–H and O–H groups in total. The minimum absolute atomic E-state index is 0.750. The third-order valence-electron chi connectivity index (χ3n) is 3.96. The molecule has 1 aromatic heterocycles. The Morgan fingerprint density at radius 3 is 2.75 bits per heavy atom. The summed E-state index contributed by atoms with van der Waals surface area (Å²) in [5.74, 6) is 0.750. The number of likely N-dealkylation sites (tertiary alicyclic amines) is 1. The van der Waals surface area contributed by atoms with Gasteiger partial charge in [0.25, 0.3) is 0 Å². The molecule has 0 bridgehead atoms. The summed E-state index contributed by atoms with van der Waals surface area (Å²) in [5.41, 5.74) is 2.55. The second-order valence-electron chi connectivity index (χ2n) is 5.70. The lowest BCUT2D eigenvalue weighted by Gasteiger charge is -2.14. The van der Waals surface area contributed by atoms with E-state index in [2.05, 4.69) is 28.2 Å². The van der Waals surface area contributed by atoms with Crippen LogP contribution in [0.1, 0.15) is 17.7 Å². The first-order valence-corrected chi connectivity index (χ1v) is 7.52. The fourth-order valence-corrected chi connectivity index (χ4v) is 3.08. The highest BCUT2D eigenvalue weighted by Crippen LogP contribution is 2.22. The molecular weight excluding hydrogens is 270 g/mol. The van der Waals surface area contributed by atoms with Crippen molar-refractivity contribution in [1.82, 2.24) is 14.7 Å². The van der Waals surface area contributed by atoms with E-state index in [1.807, 2.05) is 30.1 Å². The third kappa shape index (κ3) is 3.41. The van der Waals surface area contributed by atoms with Gasteiger partial charge in [0.1, 0.15) is 0 Å². The number of hydrogen-bond acceptors (Lipinski definition) is 2. The van der Waals surface area contributed by atoms with Crippen molar-refractivity contribution < 1.29 is 0 Å². The standard InChI is InChI=1S/C16H20ClN3/c1-19-8-7-16(18-19)12-20-9-6-14(11-20)10-13-2-4-15(17)5-3-13/h2-5,7-8,14H,6,9-12H2,1H3. The average molecular weight is 290 g/mol. The van der Waals surface area contributed by atoms with Gasteiger partial charge in [-0.3, -0.25) is 9.58 Å². The largest absolute Gasteiger partial charge is 0.297 e. The normalized spacial score (nSPS) is 19.6. The Morgan fingerprint density at radius 1 is 1.25 bits per heavy atom. The van der Waals surface area contributed by atoms with Crippen molar-refractivity contribution >= 4 is 11.6 Å². The molecule has 0 radical (unpaired) electrons. The van der Waals surface area contributed by atoms with Gasteiger partial charge < -0.3 is 0 Å². The predicted octanol–water partition coefficient (Wildman–Crippen LogP) is 3.14. The molecule has 1 unspecified atom stereocenters. The van der Waals surface area contributed by atoms with Crippen LogP contribution in [0.2, 0.25) is 5.02 Å². The van der Waals surface area contributed by atoms with Gasteiger partial charge in [0, 0.05) is 31.4 Å². The van der Waals surface area contributed by atoms with E-state index in [4.69, 9.17) is 11.6 Å². The van der Waals surface area contributed by atoms with Crippen LogP contribution in [0.3, 0.4) is 0 Å². The van der Waals surface area contributed by atoms with Gasteiger partial charge in [-0.1, -0.05) is 23.7 Å². The van der Waals surface area contributed by atoms with Crippen molar-refractivity contribution in [2.75, 3.05) is 13.1 Å². The minimum atomic E-state index is 0.750. The number of halogens is 1. The summed E-state index contributed by atoms with van der Waals surface area (Å²) in [4.78, 5) is 2.50. The van der Waals surface area contributed by atoms with Gasteiger partial charge in [0.05, 0.1) is 5.69 Å². The quantitative estimate of drug-likeness (QED) is 0.862. The predicted molar refractivity (Wildman–Crippen MR) is 81.7 cm³/mol. The van der Waals surface area contributed by atoms with Crippen LogP contribution in [0.5, 0.6) is 0 Å². The van der Waals surface area contributed by atoms with E-state index >= 15 is 0 Å². The van der Waals surface area contributed by atoms with Gasteiger partial charge in [-0.2, -0.15) is 5.10 Å². The van der Waals surface area contributed by atoms with Crippen LogP contribution >= 0.6 is 11.6 Å². The van der Waals surface area contributed by atoms with E-state index in [0.717, 1.165) is 23.9 Å². The molecule has 4 heteroatoms. The van der Waals surface area contributed by atoms with Gasteiger partial charge in [-0.25, -0.2) is 0 Å². The first kappa shape index (κ1) is 13.7. The molecule has 1 fully saturated rings. The van der Waals surface area contributed by atoms with Crippen molar-refractivity contribution in [3.05, 3.63) is 52.8 Å². The molecule has 3 nitrogen and oxygen atoms in total. The molecule has 0 aliphatic carbocycles. The zero-order chi connectivity index (χ0) is 13.9. The maximum absolute atomic E-state index is 5.93. The lowest BCUT2D eigenvalue weighted by molar-refractivity contribution is 0.311. The van der Waals surface area contributed by atoms with Gasteiger partial charge in [0.15, 0.2) is 0 Å². The number of rotatable bonds is 4. The molecule has 1 atom stereocenters. The summed E-state index contributed by atoms with van der Waals surface area (Å²) < 4.78 is 1.87. The van der Waals surface area contributed by atoms with Gasteiger partial charge in [-0.15, -0.1) is 0 Å². The molecule has 1 aliphatic rings. The van der Waals surface area contributed by atoms with E-state index in [-0.39, 0.29) is 0 Å². The van der Waals surface area contributed by atoms with Crippen LogP contribution in [0.25, 0.3) is 0 Å². The van der Waals surface area contributed by atoms with Crippen LogP contribution < -0.4 is 0 Å². The Morgan fingerprint density at radius 2 is 2.05 bits per heavy atom. The maximum atomic E-state index is 5.93. The van der Waals surface area contributed by atoms with Crippen LogP contribution in [0.15, 0.2) is 36.5 Å². The van der Waals surface area contributed by atoms with Crippen molar-refractivity contribution in [1.29, 1.82) is 0 Å². The molecular formula is C16H20ClN3. The highest BCUT2D eigenvalue weighted by atomic mass is 35.5. The molecule has 1 aliphatic heterocycles. The maximum Gasteiger partial charge on any atom is 0.0764 e. The van der Waals surface area contributed by atoms with Crippen molar-refractivity contribution in [3.63, 3.8) is 0 Å². The number of nitrogens with zero attached hydrogens (tertiary/aromatic N) is 3. The van der Waals surface area contributed by atoms with Crippen LogP contribution in [-0.2, 0) is 20.0 Å². The topological polar surface area (TPSA) is 21.1 Å². The molecule has 1 aromatic carbocycles. The van der Waals surface area contributed by atoms with Gasteiger partial charge in [0.2, 0.25) is 0 Å². The molecule has 0 spiro atoms. The second-order valence-corrected chi connectivity index (χ2v) is 6.14. The SMILES string of the molecule is Cn1ccc(CN2CCC(Cc3ccc(Cl)cc3)C2)n1. The number of benzene rings is 1. The Kier molecular flexibility index (Phi) is 4.08. The van der Waals surface area contributed by atoms with Crippen molar-refractivity contribution in [3.8, 4) is 0 Å².